The normalized spacial score (nSPS) is 19.7. The molecule has 58 valence electrons. The van der Waals surface area contributed by atoms with Crippen molar-refractivity contribution >= 4 is 0 Å². The Labute approximate surface area is 64.3 Å². The maximum absolute atomic E-state index is 4.04. The average molecular weight is 138 g/mol. The molecule has 1 aliphatic carbocycles. The zero-order valence-corrected chi connectivity index (χ0v) is 7.03. The zero-order valence-electron chi connectivity index (χ0n) is 7.03. The van der Waals surface area contributed by atoms with Gasteiger partial charge in [0.05, 0.1) is 0 Å². The van der Waals surface area contributed by atoms with E-state index in [9.17, 15) is 0 Å². The van der Waals surface area contributed by atoms with Crippen LogP contribution in [0.1, 0.15) is 45.4 Å². The molecule has 1 saturated carbocycles. The number of hydrogen-bond acceptors (Lipinski definition) is 0. The zero-order chi connectivity index (χ0) is 7.40. The van der Waals surface area contributed by atoms with Gasteiger partial charge in [-0.2, -0.15) is 0 Å². The predicted molar refractivity (Wildman–Crippen MR) is 46.0 cm³/mol. The van der Waals surface area contributed by atoms with Gasteiger partial charge in [0, 0.05) is 0 Å². The summed E-state index contributed by atoms with van der Waals surface area (Å²) in [5.41, 5.74) is 1.45. The van der Waals surface area contributed by atoms with Crippen molar-refractivity contribution < 1.29 is 0 Å². The van der Waals surface area contributed by atoms with E-state index in [0.717, 1.165) is 5.92 Å². The molecular formula is C10H18. The van der Waals surface area contributed by atoms with Gasteiger partial charge in [-0.1, -0.05) is 44.8 Å². The van der Waals surface area contributed by atoms with Crippen molar-refractivity contribution in [2.75, 3.05) is 0 Å². The van der Waals surface area contributed by atoms with Crippen molar-refractivity contribution in [1.82, 2.24) is 0 Å². The molecule has 0 nitrogen and oxygen atoms in total. The average Bonchev–Trinajstić information content (AvgIpc) is 2.40. The molecule has 10 heavy (non-hydrogen) atoms. The first-order valence-electron chi connectivity index (χ1n) is 4.49. The van der Waals surface area contributed by atoms with Crippen molar-refractivity contribution in [1.29, 1.82) is 0 Å². The second kappa shape index (κ2) is 3.80. The summed E-state index contributed by atoms with van der Waals surface area (Å²) in [5, 5.41) is 0. The molecule has 0 aromatic rings. The molecule has 0 N–H and O–H groups in total. The Hall–Kier alpha value is -0.260. The quantitative estimate of drug-likeness (QED) is 0.523. The highest BCUT2D eigenvalue weighted by Crippen LogP contribution is 2.30. The molecule has 1 rings (SSSR count). The summed E-state index contributed by atoms with van der Waals surface area (Å²) in [4.78, 5) is 0. The van der Waals surface area contributed by atoms with Crippen LogP contribution in [0, 0.1) is 5.92 Å². The van der Waals surface area contributed by atoms with Gasteiger partial charge in [-0.15, -0.1) is 0 Å². The molecule has 0 spiro atoms. The first kappa shape index (κ1) is 7.84. The lowest BCUT2D eigenvalue weighted by Gasteiger charge is -2.08. The molecule has 0 heteroatoms. The van der Waals surface area contributed by atoms with E-state index in [4.69, 9.17) is 0 Å². The first-order valence-corrected chi connectivity index (χ1v) is 4.49. The van der Waals surface area contributed by atoms with Gasteiger partial charge in [-0.3, -0.25) is 0 Å². The molecule has 0 atom stereocenters. The van der Waals surface area contributed by atoms with E-state index >= 15 is 0 Å². The summed E-state index contributed by atoms with van der Waals surface area (Å²) in [5.74, 6) is 0.993. The Morgan fingerprint density at radius 3 is 2.50 bits per heavy atom. The minimum Gasteiger partial charge on any atom is -0.0999 e. The van der Waals surface area contributed by atoms with Crippen LogP contribution in [0.3, 0.4) is 0 Å². The second-order valence-electron chi connectivity index (χ2n) is 3.46. The summed E-state index contributed by atoms with van der Waals surface area (Å²) in [6.45, 7) is 6.24. The minimum atomic E-state index is 0.993. The van der Waals surface area contributed by atoms with Gasteiger partial charge in [0.1, 0.15) is 0 Å². The lowest BCUT2D eigenvalue weighted by atomic mass is 9.98. The van der Waals surface area contributed by atoms with Gasteiger partial charge in [0.2, 0.25) is 0 Å². The van der Waals surface area contributed by atoms with E-state index < -0.39 is 0 Å². The van der Waals surface area contributed by atoms with E-state index in [0.29, 0.717) is 0 Å². The van der Waals surface area contributed by atoms with E-state index in [2.05, 4.69) is 13.5 Å². The molecule has 0 aromatic heterocycles. The molecule has 1 fully saturated rings. The van der Waals surface area contributed by atoms with Gasteiger partial charge in [-0.25, -0.2) is 0 Å². The van der Waals surface area contributed by atoms with Crippen LogP contribution in [0.25, 0.3) is 0 Å². The smallest absolute Gasteiger partial charge is 0.0295 e. The van der Waals surface area contributed by atoms with Gasteiger partial charge >= 0.3 is 0 Å². The summed E-state index contributed by atoms with van der Waals surface area (Å²) in [7, 11) is 0. The van der Waals surface area contributed by atoms with Crippen LogP contribution in [-0.4, -0.2) is 0 Å². The second-order valence-corrected chi connectivity index (χ2v) is 3.46. The highest BCUT2D eigenvalue weighted by molar-refractivity contribution is 4.95. The molecule has 0 aromatic carbocycles. The maximum atomic E-state index is 4.04. The molecule has 0 heterocycles. The summed E-state index contributed by atoms with van der Waals surface area (Å²) in [6.07, 6.45) is 8.31. The molecule has 0 amide bonds. The van der Waals surface area contributed by atoms with Crippen LogP contribution < -0.4 is 0 Å². The largest absolute Gasteiger partial charge is 0.0999 e. The highest BCUT2D eigenvalue weighted by Gasteiger charge is 2.14. The summed E-state index contributed by atoms with van der Waals surface area (Å²) >= 11 is 0. The Morgan fingerprint density at radius 1 is 1.40 bits per heavy atom. The Bertz CT molecular complexity index is 107. The van der Waals surface area contributed by atoms with Crippen molar-refractivity contribution in [2.24, 2.45) is 5.92 Å². The molecule has 0 unspecified atom stereocenters. The number of hydrogen-bond donors (Lipinski definition) is 0. The maximum Gasteiger partial charge on any atom is -0.0295 e. The number of allylic oxidation sites excluding steroid dienone is 1. The standard InChI is InChI=1S/C10H18/c1-3-9(2)8-10-6-4-5-7-10/h10H,2-8H2,1H3. The van der Waals surface area contributed by atoms with Crippen LogP contribution >= 0.6 is 0 Å². The summed E-state index contributed by atoms with van der Waals surface area (Å²) in [6, 6.07) is 0. The fraction of sp³-hybridized carbons (Fsp3) is 0.800. The minimum absolute atomic E-state index is 0.993. The topological polar surface area (TPSA) is 0 Å². The monoisotopic (exact) mass is 138 g/mol. The Kier molecular flexibility index (Phi) is 2.98. The number of rotatable bonds is 3. The molecular weight excluding hydrogens is 120 g/mol. The molecule has 1 aliphatic rings. The van der Waals surface area contributed by atoms with Gasteiger partial charge < -0.3 is 0 Å². The van der Waals surface area contributed by atoms with Crippen LogP contribution in [0.15, 0.2) is 12.2 Å². The van der Waals surface area contributed by atoms with E-state index in [1.807, 2.05) is 0 Å². The third kappa shape index (κ3) is 2.17. The van der Waals surface area contributed by atoms with Crippen LogP contribution in [0.2, 0.25) is 0 Å². The first-order chi connectivity index (χ1) is 4.83. The van der Waals surface area contributed by atoms with Crippen molar-refractivity contribution in [3.8, 4) is 0 Å². The van der Waals surface area contributed by atoms with Crippen LogP contribution in [0.4, 0.5) is 0 Å². The summed E-state index contributed by atoms with van der Waals surface area (Å²) < 4.78 is 0. The van der Waals surface area contributed by atoms with Gasteiger partial charge in [0.15, 0.2) is 0 Å². The predicted octanol–water partition coefficient (Wildman–Crippen LogP) is 3.53. The SMILES string of the molecule is C=C(CC)CC1CCCC1. The van der Waals surface area contributed by atoms with Crippen molar-refractivity contribution in [2.45, 2.75) is 45.4 Å². The highest BCUT2D eigenvalue weighted by atomic mass is 14.2. The molecule has 0 saturated heterocycles. The molecule has 0 radical (unpaired) electrons. The molecule has 0 bridgehead atoms. The van der Waals surface area contributed by atoms with Crippen molar-refractivity contribution in [3.05, 3.63) is 12.2 Å². The third-order valence-corrected chi connectivity index (χ3v) is 2.55. The lowest BCUT2D eigenvalue weighted by molar-refractivity contribution is 0.538. The third-order valence-electron chi connectivity index (χ3n) is 2.55. The Morgan fingerprint density at radius 2 is 2.00 bits per heavy atom. The van der Waals surface area contributed by atoms with E-state index in [-0.39, 0.29) is 0 Å². The van der Waals surface area contributed by atoms with Gasteiger partial charge in [-0.05, 0) is 18.8 Å². The fourth-order valence-corrected chi connectivity index (χ4v) is 1.77. The molecule has 0 aliphatic heterocycles. The van der Waals surface area contributed by atoms with Crippen LogP contribution in [-0.2, 0) is 0 Å². The van der Waals surface area contributed by atoms with E-state index in [1.165, 1.54) is 44.1 Å². The lowest BCUT2D eigenvalue weighted by Crippen LogP contribution is -1.93. The Balaban J connectivity index is 2.17. The van der Waals surface area contributed by atoms with Gasteiger partial charge in [0.25, 0.3) is 0 Å². The van der Waals surface area contributed by atoms with Crippen molar-refractivity contribution in [3.63, 3.8) is 0 Å². The van der Waals surface area contributed by atoms with Crippen LogP contribution in [0.5, 0.6) is 0 Å². The van der Waals surface area contributed by atoms with E-state index in [1.54, 1.807) is 0 Å². The fourth-order valence-electron chi connectivity index (χ4n) is 1.77.